The van der Waals surface area contributed by atoms with E-state index in [-0.39, 0.29) is 5.63 Å². The average Bonchev–Trinajstić information content (AvgIpc) is 3.17. The molecule has 3 nitrogen and oxygen atoms in total. The second-order valence-corrected chi connectivity index (χ2v) is 8.28. The summed E-state index contributed by atoms with van der Waals surface area (Å²) in [5.41, 5.74) is 9.82. The summed E-state index contributed by atoms with van der Waals surface area (Å²) in [4.78, 5) is 12.3. The average molecular weight is 397 g/mol. The first-order valence-corrected chi connectivity index (χ1v) is 10.1. The van der Waals surface area contributed by atoms with E-state index in [9.17, 15) is 4.79 Å². The normalized spacial score (nSPS) is 13.2. The molecule has 3 aromatic rings. The Labute approximate surface area is 170 Å². The maximum atomic E-state index is 12.3. The minimum Gasteiger partial charge on any atom is -0.487 e. The molecule has 1 aromatic heterocycles. The van der Waals surface area contributed by atoms with E-state index in [1.165, 1.54) is 33.4 Å². The van der Waals surface area contributed by atoms with Gasteiger partial charge in [-0.2, -0.15) is 0 Å². The van der Waals surface area contributed by atoms with Crippen LogP contribution in [0.4, 0.5) is 0 Å². The zero-order valence-electron chi connectivity index (χ0n) is 17.1. The van der Waals surface area contributed by atoms with Crippen molar-refractivity contribution in [2.45, 2.75) is 60.5 Å². The molecule has 0 fully saturated rings. The minimum absolute atomic E-state index is 0.232. The van der Waals surface area contributed by atoms with Gasteiger partial charge in [-0.1, -0.05) is 11.6 Å². The number of rotatable bonds is 3. The Morgan fingerprint density at radius 2 is 1.54 bits per heavy atom. The zero-order valence-corrected chi connectivity index (χ0v) is 17.8. The molecule has 0 bridgehead atoms. The summed E-state index contributed by atoms with van der Waals surface area (Å²) >= 11 is 6.53. The summed E-state index contributed by atoms with van der Waals surface area (Å²) in [6.45, 7) is 11.2. The summed E-state index contributed by atoms with van der Waals surface area (Å²) < 4.78 is 11.7. The fourth-order valence-electron chi connectivity index (χ4n) is 4.34. The molecule has 4 heteroatoms. The van der Waals surface area contributed by atoms with Gasteiger partial charge >= 0.3 is 5.63 Å². The van der Waals surface area contributed by atoms with E-state index < -0.39 is 0 Å². The lowest BCUT2D eigenvalue weighted by molar-refractivity contribution is 0.304. The molecule has 0 unspecified atom stereocenters. The first kappa shape index (κ1) is 19.1. The van der Waals surface area contributed by atoms with Gasteiger partial charge in [0.15, 0.2) is 0 Å². The lowest BCUT2D eigenvalue weighted by Crippen LogP contribution is -2.08. The van der Waals surface area contributed by atoms with E-state index in [4.69, 9.17) is 20.8 Å². The van der Waals surface area contributed by atoms with Gasteiger partial charge in [0.1, 0.15) is 17.9 Å². The van der Waals surface area contributed by atoms with E-state index >= 15 is 0 Å². The molecule has 4 rings (SSSR count). The van der Waals surface area contributed by atoms with Crippen LogP contribution in [0.5, 0.6) is 5.75 Å². The third-order valence-electron chi connectivity index (χ3n) is 6.55. The van der Waals surface area contributed by atoms with Crippen LogP contribution in [0.1, 0.15) is 50.9 Å². The SMILES string of the molecule is Cc1c(C)c(C)c(COc2cc3oc(=O)c4c(c3cc2Cl)CCC4)c(C)c1C. The third kappa shape index (κ3) is 2.93. The molecular formula is C24H25ClO3. The van der Waals surface area contributed by atoms with Crippen LogP contribution in [0, 0.1) is 34.6 Å². The van der Waals surface area contributed by atoms with Crippen molar-refractivity contribution in [2.75, 3.05) is 0 Å². The molecule has 0 N–H and O–H groups in total. The van der Waals surface area contributed by atoms with Gasteiger partial charge in [-0.05, 0) is 98.9 Å². The Kier molecular flexibility index (Phi) is 4.75. The number of halogens is 1. The molecule has 0 atom stereocenters. The lowest BCUT2D eigenvalue weighted by Gasteiger charge is -2.19. The van der Waals surface area contributed by atoms with E-state index in [1.54, 1.807) is 6.07 Å². The van der Waals surface area contributed by atoms with Gasteiger partial charge in [0.05, 0.1) is 5.02 Å². The lowest BCUT2D eigenvalue weighted by atomic mass is 9.90. The van der Waals surface area contributed by atoms with E-state index in [0.717, 1.165) is 35.8 Å². The van der Waals surface area contributed by atoms with Gasteiger partial charge in [0.25, 0.3) is 0 Å². The highest BCUT2D eigenvalue weighted by molar-refractivity contribution is 6.32. The van der Waals surface area contributed by atoms with Crippen LogP contribution in [0.3, 0.4) is 0 Å². The molecule has 146 valence electrons. The van der Waals surface area contributed by atoms with E-state index in [1.807, 2.05) is 6.07 Å². The first-order chi connectivity index (χ1) is 13.3. The second-order valence-electron chi connectivity index (χ2n) is 7.87. The largest absolute Gasteiger partial charge is 0.487 e. The Hall–Kier alpha value is -2.26. The van der Waals surface area contributed by atoms with Crippen molar-refractivity contribution < 1.29 is 9.15 Å². The van der Waals surface area contributed by atoms with Crippen molar-refractivity contribution in [3.05, 3.63) is 72.1 Å². The Morgan fingerprint density at radius 3 is 2.21 bits per heavy atom. The molecule has 1 aliphatic rings. The van der Waals surface area contributed by atoms with Gasteiger partial charge in [-0.3, -0.25) is 0 Å². The maximum Gasteiger partial charge on any atom is 0.339 e. The monoisotopic (exact) mass is 396 g/mol. The van der Waals surface area contributed by atoms with Gasteiger partial charge in [-0.15, -0.1) is 0 Å². The van der Waals surface area contributed by atoms with Crippen LogP contribution in [0.15, 0.2) is 21.3 Å². The smallest absolute Gasteiger partial charge is 0.339 e. The third-order valence-corrected chi connectivity index (χ3v) is 6.85. The number of ether oxygens (including phenoxy) is 1. The topological polar surface area (TPSA) is 39.4 Å². The van der Waals surface area contributed by atoms with Crippen LogP contribution >= 0.6 is 11.6 Å². The molecule has 0 aliphatic heterocycles. The molecule has 0 spiro atoms. The van der Waals surface area contributed by atoms with Crippen molar-refractivity contribution in [2.24, 2.45) is 0 Å². The Bertz CT molecular complexity index is 1140. The van der Waals surface area contributed by atoms with Crippen LogP contribution in [-0.2, 0) is 19.4 Å². The highest BCUT2D eigenvalue weighted by Crippen LogP contribution is 2.35. The quantitative estimate of drug-likeness (QED) is 0.505. The summed E-state index contributed by atoms with van der Waals surface area (Å²) in [5, 5.41) is 1.48. The van der Waals surface area contributed by atoms with Crippen LogP contribution in [-0.4, -0.2) is 0 Å². The Morgan fingerprint density at radius 1 is 0.929 bits per heavy atom. The minimum atomic E-state index is -0.232. The molecule has 0 saturated heterocycles. The van der Waals surface area contributed by atoms with E-state index in [2.05, 4.69) is 34.6 Å². The Balaban J connectivity index is 1.73. The van der Waals surface area contributed by atoms with E-state index in [0.29, 0.717) is 23.0 Å². The molecule has 0 amide bonds. The molecule has 0 radical (unpaired) electrons. The molecule has 2 aromatic carbocycles. The van der Waals surface area contributed by atoms with Crippen molar-refractivity contribution in [3.63, 3.8) is 0 Å². The molecule has 1 aliphatic carbocycles. The predicted molar refractivity (Wildman–Crippen MR) is 114 cm³/mol. The molecule has 28 heavy (non-hydrogen) atoms. The van der Waals surface area contributed by atoms with Gasteiger partial charge in [-0.25, -0.2) is 4.79 Å². The number of fused-ring (bicyclic) bond motifs is 3. The number of hydrogen-bond acceptors (Lipinski definition) is 3. The summed E-state index contributed by atoms with van der Waals surface area (Å²) in [5.74, 6) is 0.546. The summed E-state index contributed by atoms with van der Waals surface area (Å²) in [6, 6.07) is 3.64. The van der Waals surface area contributed by atoms with Crippen molar-refractivity contribution in [1.29, 1.82) is 0 Å². The fourth-order valence-corrected chi connectivity index (χ4v) is 4.56. The molecular weight excluding hydrogens is 372 g/mol. The molecule has 0 saturated carbocycles. The highest BCUT2D eigenvalue weighted by Gasteiger charge is 2.21. The van der Waals surface area contributed by atoms with Crippen molar-refractivity contribution in [1.82, 2.24) is 0 Å². The maximum absolute atomic E-state index is 12.3. The predicted octanol–water partition coefficient (Wildman–Crippen LogP) is 6.06. The van der Waals surface area contributed by atoms with Crippen LogP contribution in [0.2, 0.25) is 5.02 Å². The number of benzene rings is 2. The zero-order chi connectivity index (χ0) is 20.2. The second kappa shape index (κ2) is 6.97. The van der Waals surface area contributed by atoms with Crippen molar-refractivity contribution in [3.8, 4) is 5.75 Å². The van der Waals surface area contributed by atoms with Gasteiger partial charge in [0, 0.05) is 17.0 Å². The highest BCUT2D eigenvalue weighted by atomic mass is 35.5. The van der Waals surface area contributed by atoms with Gasteiger partial charge < -0.3 is 9.15 Å². The number of aryl methyl sites for hydroxylation is 1. The van der Waals surface area contributed by atoms with Gasteiger partial charge in [0.2, 0.25) is 0 Å². The standard InChI is InChI=1S/C24H25ClO3/c1-12-13(2)15(4)20(16(5)14(12)3)11-27-23-10-22-19(9-21(23)25)17-7-6-8-18(17)24(26)28-22/h9-10H,6-8,11H2,1-5H3. The van der Waals surface area contributed by atoms with Crippen LogP contribution in [0.25, 0.3) is 11.0 Å². The molecule has 1 heterocycles. The summed E-state index contributed by atoms with van der Waals surface area (Å²) in [6.07, 6.45) is 2.67. The fraction of sp³-hybridized carbons (Fsp3) is 0.375. The van der Waals surface area contributed by atoms with Crippen molar-refractivity contribution >= 4 is 22.6 Å². The number of hydrogen-bond donors (Lipinski definition) is 0. The first-order valence-electron chi connectivity index (χ1n) is 9.76. The summed E-state index contributed by atoms with van der Waals surface area (Å²) in [7, 11) is 0. The van der Waals surface area contributed by atoms with Crippen LogP contribution < -0.4 is 10.4 Å².